The third kappa shape index (κ3) is 3.13. The van der Waals surface area contributed by atoms with Crippen molar-refractivity contribution >= 4 is 17.7 Å². The average molecular weight is 236 g/mol. The highest BCUT2D eigenvalue weighted by molar-refractivity contribution is 5.93. The zero-order valence-corrected chi connectivity index (χ0v) is 9.05. The van der Waals surface area contributed by atoms with Crippen molar-refractivity contribution in [3.8, 4) is 0 Å². The van der Waals surface area contributed by atoms with Gasteiger partial charge < -0.3 is 15.8 Å². The number of nitrogens with one attached hydrogen (secondary N) is 1. The third-order valence-electron chi connectivity index (χ3n) is 2.20. The van der Waals surface area contributed by atoms with Crippen molar-refractivity contribution in [2.24, 2.45) is 0 Å². The second-order valence-corrected chi connectivity index (χ2v) is 3.71. The van der Waals surface area contributed by atoms with E-state index in [1.54, 1.807) is 0 Å². The number of carbonyl (C=O) groups excluding carboxylic acids is 2. The Kier molecular flexibility index (Phi) is 3.17. The SMILES string of the molecule is Nc1nccnc1C(=O)OCC(=O)NC1CC1. The van der Waals surface area contributed by atoms with E-state index in [2.05, 4.69) is 15.3 Å². The number of nitrogen functional groups attached to an aromatic ring is 1. The summed E-state index contributed by atoms with van der Waals surface area (Å²) in [5.41, 5.74) is 5.37. The number of nitrogens with two attached hydrogens (primary N) is 1. The summed E-state index contributed by atoms with van der Waals surface area (Å²) < 4.78 is 4.77. The van der Waals surface area contributed by atoms with E-state index in [1.165, 1.54) is 12.4 Å². The molecule has 90 valence electrons. The summed E-state index contributed by atoms with van der Waals surface area (Å²) in [6.45, 7) is -0.328. The van der Waals surface area contributed by atoms with Crippen LogP contribution in [0.3, 0.4) is 0 Å². The minimum absolute atomic E-state index is 0.0138. The second kappa shape index (κ2) is 4.77. The number of nitrogens with zero attached hydrogens (tertiary/aromatic N) is 2. The number of carbonyl (C=O) groups is 2. The van der Waals surface area contributed by atoms with Gasteiger partial charge in [-0.1, -0.05) is 0 Å². The summed E-state index contributed by atoms with van der Waals surface area (Å²) in [4.78, 5) is 30.2. The van der Waals surface area contributed by atoms with Gasteiger partial charge in [-0.15, -0.1) is 0 Å². The number of aromatic nitrogens is 2. The van der Waals surface area contributed by atoms with Crippen LogP contribution < -0.4 is 11.1 Å². The van der Waals surface area contributed by atoms with Crippen molar-refractivity contribution in [2.45, 2.75) is 18.9 Å². The van der Waals surface area contributed by atoms with E-state index in [0.29, 0.717) is 0 Å². The molecule has 7 heteroatoms. The maximum atomic E-state index is 11.5. The van der Waals surface area contributed by atoms with Gasteiger partial charge in [0.15, 0.2) is 18.1 Å². The number of hydrogen-bond donors (Lipinski definition) is 2. The lowest BCUT2D eigenvalue weighted by Gasteiger charge is -2.05. The molecule has 1 aromatic rings. The summed E-state index contributed by atoms with van der Waals surface area (Å²) in [5, 5.41) is 2.69. The van der Waals surface area contributed by atoms with Crippen molar-refractivity contribution in [3.63, 3.8) is 0 Å². The van der Waals surface area contributed by atoms with Crippen LogP contribution in [-0.2, 0) is 9.53 Å². The van der Waals surface area contributed by atoms with Gasteiger partial charge in [0.1, 0.15) is 0 Å². The van der Waals surface area contributed by atoms with Crippen LogP contribution in [0, 0.1) is 0 Å². The molecule has 1 saturated carbocycles. The minimum Gasteiger partial charge on any atom is -0.451 e. The van der Waals surface area contributed by atoms with Gasteiger partial charge in [-0.25, -0.2) is 14.8 Å². The smallest absolute Gasteiger partial charge is 0.361 e. The first-order valence-corrected chi connectivity index (χ1v) is 5.20. The third-order valence-corrected chi connectivity index (χ3v) is 2.20. The maximum absolute atomic E-state index is 11.5. The van der Waals surface area contributed by atoms with Gasteiger partial charge >= 0.3 is 5.97 Å². The van der Waals surface area contributed by atoms with E-state index in [0.717, 1.165) is 12.8 Å². The van der Waals surface area contributed by atoms with E-state index in [-0.39, 0.29) is 30.1 Å². The van der Waals surface area contributed by atoms with Gasteiger partial charge in [-0.3, -0.25) is 4.79 Å². The van der Waals surface area contributed by atoms with Crippen LogP contribution in [0.1, 0.15) is 23.3 Å². The Morgan fingerprint density at radius 3 is 2.76 bits per heavy atom. The van der Waals surface area contributed by atoms with Crippen molar-refractivity contribution < 1.29 is 14.3 Å². The molecule has 0 unspecified atom stereocenters. The monoisotopic (exact) mass is 236 g/mol. The lowest BCUT2D eigenvalue weighted by Crippen LogP contribution is -2.30. The highest BCUT2D eigenvalue weighted by Crippen LogP contribution is 2.18. The molecule has 0 radical (unpaired) electrons. The molecule has 0 bridgehead atoms. The lowest BCUT2D eigenvalue weighted by atomic mass is 10.4. The fraction of sp³-hybridized carbons (Fsp3) is 0.400. The molecule has 3 N–H and O–H groups in total. The van der Waals surface area contributed by atoms with Crippen LogP contribution in [-0.4, -0.2) is 34.5 Å². The van der Waals surface area contributed by atoms with Gasteiger partial charge in [-0.05, 0) is 12.8 Å². The van der Waals surface area contributed by atoms with Crippen molar-refractivity contribution in [1.82, 2.24) is 15.3 Å². The molecule has 7 nitrogen and oxygen atoms in total. The first-order chi connectivity index (χ1) is 8.16. The normalized spacial score (nSPS) is 14.1. The highest BCUT2D eigenvalue weighted by Gasteiger charge is 2.24. The van der Waals surface area contributed by atoms with E-state index in [1.807, 2.05) is 0 Å². The molecule has 0 atom stereocenters. The molecule has 0 aliphatic heterocycles. The van der Waals surface area contributed by atoms with Gasteiger partial charge in [0.05, 0.1) is 0 Å². The summed E-state index contributed by atoms with van der Waals surface area (Å²) in [7, 11) is 0. The van der Waals surface area contributed by atoms with Crippen LogP contribution in [0.25, 0.3) is 0 Å². The number of rotatable bonds is 4. The summed E-state index contributed by atoms with van der Waals surface area (Å²) >= 11 is 0. The van der Waals surface area contributed by atoms with Crippen LogP contribution in [0.5, 0.6) is 0 Å². The Labute approximate surface area is 97.4 Å². The fourth-order valence-electron chi connectivity index (χ4n) is 1.20. The molecule has 1 heterocycles. The molecule has 0 saturated heterocycles. The Hall–Kier alpha value is -2.18. The average Bonchev–Trinajstić information content (AvgIpc) is 3.10. The zero-order valence-electron chi connectivity index (χ0n) is 9.05. The molecule has 1 aliphatic carbocycles. The molecule has 1 aliphatic rings. The molecule has 1 amide bonds. The maximum Gasteiger partial charge on any atom is 0.361 e. The van der Waals surface area contributed by atoms with Gasteiger partial charge in [0, 0.05) is 18.4 Å². The fourth-order valence-corrected chi connectivity index (χ4v) is 1.20. The van der Waals surface area contributed by atoms with E-state index in [4.69, 9.17) is 10.5 Å². The lowest BCUT2D eigenvalue weighted by molar-refractivity contribution is -0.124. The molecule has 0 aromatic carbocycles. The number of amides is 1. The summed E-state index contributed by atoms with van der Waals surface area (Å²) in [6, 6.07) is 0.239. The first-order valence-electron chi connectivity index (χ1n) is 5.20. The molecule has 17 heavy (non-hydrogen) atoms. The predicted octanol–water partition coefficient (Wildman–Crippen LogP) is -0.506. The summed E-state index contributed by atoms with van der Waals surface area (Å²) in [6.07, 6.45) is 4.66. The van der Waals surface area contributed by atoms with Crippen LogP contribution in [0.2, 0.25) is 0 Å². The predicted molar refractivity (Wildman–Crippen MR) is 57.9 cm³/mol. The van der Waals surface area contributed by atoms with Crippen molar-refractivity contribution in [1.29, 1.82) is 0 Å². The molecule has 1 fully saturated rings. The number of esters is 1. The van der Waals surface area contributed by atoms with Crippen LogP contribution in [0.15, 0.2) is 12.4 Å². The van der Waals surface area contributed by atoms with Crippen molar-refractivity contribution in [3.05, 3.63) is 18.1 Å². The Balaban J connectivity index is 1.84. The highest BCUT2D eigenvalue weighted by atomic mass is 16.5. The van der Waals surface area contributed by atoms with E-state index >= 15 is 0 Å². The number of ether oxygens (including phenoxy) is 1. The van der Waals surface area contributed by atoms with Crippen LogP contribution >= 0.6 is 0 Å². The first kappa shape index (κ1) is 11.3. The Morgan fingerprint density at radius 1 is 1.41 bits per heavy atom. The minimum atomic E-state index is -0.749. The number of anilines is 1. The van der Waals surface area contributed by atoms with Gasteiger partial charge in [0.25, 0.3) is 5.91 Å². The molecular formula is C10H12N4O3. The zero-order chi connectivity index (χ0) is 12.3. The number of hydrogen-bond acceptors (Lipinski definition) is 6. The largest absolute Gasteiger partial charge is 0.451 e. The van der Waals surface area contributed by atoms with E-state index < -0.39 is 5.97 Å². The second-order valence-electron chi connectivity index (χ2n) is 3.71. The summed E-state index contributed by atoms with van der Waals surface area (Å²) in [5.74, 6) is -1.08. The molecule has 0 spiro atoms. The Morgan fingerprint density at radius 2 is 2.12 bits per heavy atom. The topological polar surface area (TPSA) is 107 Å². The Bertz CT molecular complexity index is 445. The van der Waals surface area contributed by atoms with Gasteiger partial charge in [0.2, 0.25) is 0 Å². The van der Waals surface area contributed by atoms with Crippen LogP contribution in [0.4, 0.5) is 5.82 Å². The van der Waals surface area contributed by atoms with Crippen molar-refractivity contribution in [2.75, 3.05) is 12.3 Å². The molecule has 1 aromatic heterocycles. The standard InChI is InChI=1S/C10H12N4O3/c11-9-8(12-3-4-13-9)10(16)17-5-7(15)14-6-1-2-6/h3-4,6H,1-2,5H2,(H2,11,13)(H,14,15). The molecule has 2 rings (SSSR count). The van der Waals surface area contributed by atoms with Gasteiger partial charge in [-0.2, -0.15) is 0 Å². The molecular weight excluding hydrogens is 224 g/mol. The quantitative estimate of drug-likeness (QED) is 0.682. The van der Waals surface area contributed by atoms with E-state index in [9.17, 15) is 9.59 Å².